The fourth-order valence-corrected chi connectivity index (χ4v) is 5.26. The van der Waals surface area contributed by atoms with E-state index < -0.39 is 5.60 Å². The first-order valence-corrected chi connectivity index (χ1v) is 13.1. The lowest BCUT2D eigenvalue weighted by atomic mass is 9.90. The summed E-state index contributed by atoms with van der Waals surface area (Å²) in [4.78, 5) is 4.54. The minimum absolute atomic E-state index is 0.375. The monoisotopic (exact) mass is 502 g/mol. The standard InChI is InChI=1S/C27H39ClN4O3/c1-19(17-34-2)31-21-6-8-22(9-7-21)32-26-15-24(25(28)16-29-26)20-4-3-5-23(14-20)30-18-27(33)10-12-35-13-11-27/h3-5,14-16,19,21-22,30-31,33H,6-13,17-18H2,1-2H3,(H,29,32)/t19-,21-,22-/m1/s1. The average molecular weight is 503 g/mol. The van der Waals surface area contributed by atoms with Crippen molar-refractivity contribution in [3.05, 3.63) is 41.6 Å². The predicted molar refractivity (Wildman–Crippen MR) is 142 cm³/mol. The Morgan fingerprint density at radius 1 is 1.17 bits per heavy atom. The third-order valence-electron chi connectivity index (χ3n) is 7.09. The molecule has 0 bridgehead atoms. The van der Waals surface area contributed by atoms with Crippen LogP contribution < -0.4 is 16.0 Å². The Kier molecular flexibility index (Phi) is 9.25. The number of hydrogen-bond donors (Lipinski definition) is 4. The van der Waals surface area contributed by atoms with Crippen LogP contribution in [-0.2, 0) is 9.47 Å². The van der Waals surface area contributed by atoms with Crippen molar-refractivity contribution in [3.63, 3.8) is 0 Å². The fourth-order valence-electron chi connectivity index (χ4n) is 5.04. The van der Waals surface area contributed by atoms with Gasteiger partial charge in [-0.15, -0.1) is 0 Å². The van der Waals surface area contributed by atoms with Gasteiger partial charge in [-0.05, 0) is 56.4 Å². The summed E-state index contributed by atoms with van der Waals surface area (Å²) in [5.41, 5.74) is 2.19. The Morgan fingerprint density at radius 3 is 2.66 bits per heavy atom. The topological polar surface area (TPSA) is 87.7 Å². The molecule has 192 valence electrons. The molecule has 1 aromatic carbocycles. The molecule has 1 aromatic heterocycles. The fraction of sp³-hybridized carbons (Fsp3) is 0.593. The Bertz CT molecular complexity index is 946. The Morgan fingerprint density at radius 2 is 1.91 bits per heavy atom. The van der Waals surface area contributed by atoms with Gasteiger partial charge in [-0.2, -0.15) is 0 Å². The highest BCUT2D eigenvalue weighted by molar-refractivity contribution is 6.33. The second kappa shape index (κ2) is 12.4. The summed E-state index contributed by atoms with van der Waals surface area (Å²) >= 11 is 6.56. The Labute approximate surface area is 214 Å². The number of aliphatic hydroxyl groups is 1. The lowest BCUT2D eigenvalue weighted by Crippen LogP contribution is -2.42. The van der Waals surface area contributed by atoms with Gasteiger partial charge in [-0.3, -0.25) is 0 Å². The lowest BCUT2D eigenvalue weighted by molar-refractivity contribution is -0.0543. The van der Waals surface area contributed by atoms with Gasteiger partial charge in [-0.1, -0.05) is 23.7 Å². The molecular weight excluding hydrogens is 464 g/mol. The highest BCUT2D eigenvalue weighted by atomic mass is 35.5. The molecule has 35 heavy (non-hydrogen) atoms. The molecule has 1 saturated carbocycles. The maximum atomic E-state index is 10.7. The molecule has 1 atom stereocenters. The van der Waals surface area contributed by atoms with Crippen LogP contribution >= 0.6 is 11.6 Å². The SMILES string of the molecule is COC[C@@H](C)N[C@H]1CC[C@H](Nc2cc(-c3cccc(NCC4(O)CCOCC4)c3)c(Cl)cn2)CC1. The molecule has 0 spiro atoms. The molecule has 1 aliphatic heterocycles. The summed E-state index contributed by atoms with van der Waals surface area (Å²) in [6, 6.07) is 11.5. The zero-order chi connectivity index (χ0) is 24.7. The summed E-state index contributed by atoms with van der Waals surface area (Å²) in [7, 11) is 1.75. The smallest absolute Gasteiger partial charge is 0.126 e. The van der Waals surface area contributed by atoms with Crippen LogP contribution in [-0.4, -0.2) is 67.3 Å². The number of nitrogens with zero attached hydrogens (tertiary/aromatic N) is 1. The van der Waals surface area contributed by atoms with Crippen LogP contribution in [0.4, 0.5) is 11.5 Å². The van der Waals surface area contributed by atoms with E-state index in [9.17, 15) is 5.11 Å². The molecule has 0 amide bonds. The van der Waals surface area contributed by atoms with E-state index in [4.69, 9.17) is 21.1 Å². The number of anilines is 2. The molecule has 8 heteroatoms. The minimum Gasteiger partial charge on any atom is -0.388 e. The molecule has 0 radical (unpaired) electrons. The van der Waals surface area contributed by atoms with Crippen molar-refractivity contribution in [1.82, 2.24) is 10.3 Å². The molecule has 2 aliphatic rings. The van der Waals surface area contributed by atoms with Crippen LogP contribution in [0.5, 0.6) is 0 Å². The minimum atomic E-state index is -0.726. The Balaban J connectivity index is 1.36. The number of benzene rings is 1. The highest BCUT2D eigenvalue weighted by Gasteiger charge is 2.29. The number of methoxy groups -OCH3 is 1. The molecule has 4 N–H and O–H groups in total. The van der Waals surface area contributed by atoms with E-state index in [1.165, 1.54) is 0 Å². The van der Waals surface area contributed by atoms with Crippen LogP contribution in [0.3, 0.4) is 0 Å². The van der Waals surface area contributed by atoms with E-state index in [0.717, 1.165) is 54.9 Å². The average Bonchev–Trinajstić information content (AvgIpc) is 2.86. The Hall–Kier alpha value is -1.90. The van der Waals surface area contributed by atoms with Crippen LogP contribution in [0.1, 0.15) is 45.4 Å². The van der Waals surface area contributed by atoms with Gasteiger partial charge in [0.1, 0.15) is 5.82 Å². The van der Waals surface area contributed by atoms with Crippen molar-refractivity contribution in [2.45, 2.75) is 69.2 Å². The third kappa shape index (κ3) is 7.54. The van der Waals surface area contributed by atoms with E-state index in [2.05, 4.69) is 40.0 Å². The summed E-state index contributed by atoms with van der Waals surface area (Å²) in [6.07, 6.45) is 7.50. The number of rotatable bonds is 10. The number of halogens is 1. The number of nitrogens with one attached hydrogen (secondary N) is 3. The quantitative estimate of drug-likeness (QED) is 0.374. The molecule has 1 aliphatic carbocycles. The van der Waals surface area contributed by atoms with Crippen molar-refractivity contribution in [2.75, 3.05) is 44.1 Å². The molecule has 2 aromatic rings. The number of hydrogen-bond acceptors (Lipinski definition) is 7. The van der Waals surface area contributed by atoms with Crippen molar-refractivity contribution < 1.29 is 14.6 Å². The predicted octanol–water partition coefficient (Wildman–Crippen LogP) is 4.70. The second-order valence-corrected chi connectivity index (χ2v) is 10.4. The van der Waals surface area contributed by atoms with Gasteiger partial charge in [0, 0.05) is 75.3 Å². The maximum Gasteiger partial charge on any atom is 0.126 e. The molecule has 2 heterocycles. The van der Waals surface area contributed by atoms with Gasteiger partial charge < -0.3 is 30.5 Å². The number of ether oxygens (including phenoxy) is 2. The van der Waals surface area contributed by atoms with Crippen molar-refractivity contribution in [2.24, 2.45) is 0 Å². The third-order valence-corrected chi connectivity index (χ3v) is 7.39. The number of aromatic nitrogens is 1. The van der Waals surface area contributed by atoms with Gasteiger partial charge in [0.25, 0.3) is 0 Å². The van der Waals surface area contributed by atoms with E-state index in [-0.39, 0.29) is 0 Å². The van der Waals surface area contributed by atoms with Crippen molar-refractivity contribution >= 4 is 23.1 Å². The first-order valence-electron chi connectivity index (χ1n) is 12.8. The number of pyridine rings is 1. The zero-order valence-corrected chi connectivity index (χ0v) is 21.6. The van der Waals surface area contributed by atoms with Crippen LogP contribution in [0.15, 0.2) is 36.5 Å². The maximum absolute atomic E-state index is 10.7. The highest BCUT2D eigenvalue weighted by Crippen LogP contribution is 2.32. The van der Waals surface area contributed by atoms with Crippen molar-refractivity contribution in [1.29, 1.82) is 0 Å². The molecular formula is C27H39ClN4O3. The second-order valence-electron chi connectivity index (χ2n) is 10.0. The molecule has 7 nitrogen and oxygen atoms in total. The summed E-state index contributed by atoms with van der Waals surface area (Å²) in [6.45, 7) is 4.61. The molecule has 2 fully saturated rings. The summed E-state index contributed by atoms with van der Waals surface area (Å²) in [5.74, 6) is 0.850. The van der Waals surface area contributed by atoms with Gasteiger partial charge in [0.15, 0.2) is 0 Å². The van der Waals surface area contributed by atoms with Gasteiger partial charge >= 0.3 is 0 Å². The summed E-state index contributed by atoms with van der Waals surface area (Å²) < 4.78 is 10.6. The molecule has 1 saturated heterocycles. The van der Waals surface area contributed by atoms with E-state index >= 15 is 0 Å². The van der Waals surface area contributed by atoms with Crippen molar-refractivity contribution in [3.8, 4) is 11.1 Å². The van der Waals surface area contributed by atoms with Gasteiger partial charge in [-0.25, -0.2) is 4.98 Å². The first kappa shape index (κ1) is 26.2. The lowest BCUT2D eigenvalue weighted by Gasteiger charge is -2.32. The first-order chi connectivity index (χ1) is 16.9. The van der Waals surface area contributed by atoms with Crippen LogP contribution in [0, 0.1) is 0 Å². The normalized spacial score (nSPS) is 23.0. The largest absolute Gasteiger partial charge is 0.388 e. The van der Waals surface area contributed by atoms with Gasteiger partial charge in [0.05, 0.1) is 17.2 Å². The molecule has 4 rings (SSSR count). The van der Waals surface area contributed by atoms with Crippen LogP contribution in [0.25, 0.3) is 11.1 Å². The van der Waals surface area contributed by atoms with Gasteiger partial charge in [0.2, 0.25) is 0 Å². The summed E-state index contributed by atoms with van der Waals surface area (Å²) in [5, 5.41) is 22.1. The molecule has 0 unspecified atom stereocenters. The zero-order valence-electron chi connectivity index (χ0n) is 20.9. The van der Waals surface area contributed by atoms with E-state index in [0.29, 0.717) is 55.7 Å². The van der Waals surface area contributed by atoms with E-state index in [1.54, 1.807) is 13.3 Å². The van der Waals surface area contributed by atoms with E-state index in [1.807, 2.05) is 18.2 Å². The van der Waals surface area contributed by atoms with Crippen LogP contribution in [0.2, 0.25) is 5.02 Å².